The molecule has 0 aliphatic carbocycles. The number of carboxylic acid groups (broad SMARTS) is 1. The molecule has 1 aromatic carbocycles. The first-order valence-electron chi connectivity index (χ1n) is 10.4. The predicted molar refractivity (Wildman–Crippen MR) is 117 cm³/mol. The Kier molecular flexibility index (Phi) is 9.59. The van der Waals surface area contributed by atoms with Gasteiger partial charge in [-0.05, 0) is 52.5 Å². The highest BCUT2D eigenvalue weighted by Crippen LogP contribution is 2.23. The maximum atomic E-state index is 12.1. The van der Waals surface area contributed by atoms with Crippen LogP contribution in [0.25, 0.3) is 0 Å². The number of rotatable bonds is 11. The molecular formula is C23H40N2O4. The van der Waals surface area contributed by atoms with Gasteiger partial charge < -0.3 is 20.3 Å². The van der Waals surface area contributed by atoms with Crippen molar-refractivity contribution in [1.29, 1.82) is 0 Å². The molecule has 0 heterocycles. The summed E-state index contributed by atoms with van der Waals surface area (Å²) < 4.78 is 5.74. The molecule has 6 heteroatoms. The molecule has 3 N–H and O–H groups in total. The number of hydrogen-bond acceptors (Lipinski definition) is 4. The highest BCUT2D eigenvalue weighted by molar-refractivity contribution is 5.66. The van der Waals surface area contributed by atoms with Gasteiger partial charge >= 0.3 is 6.09 Å². The molecule has 0 saturated heterocycles. The molecule has 0 bridgehead atoms. The molecule has 0 aliphatic heterocycles. The minimum absolute atomic E-state index is 0.273. The molecule has 0 spiro atoms. The molecule has 29 heavy (non-hydrogen) atoms. The summed E-state index contributed by atoms with van der Waals surface area (Å²) in [7, 11) is 0. The van der Waals surface area contributed by atoms with Crippen LogP contribution in [0.5, 0.6) is 0 Å². The lowest BCUT2D eigenvalue weighted by atomic mass is 9.94. The van der Waals surface area contributed by atoms with Gasteiger partial charge in [-0.3, -0.25) is 4.90 Å². The molecule has 0 radical (unpaired) electrons. The van der Waals surface area contributed by atoms with Gasteiger partial charge in [-0.1, -0.05) is 44.2 Å². The van der Waals surface area contributed by atoms with Crippen LogP contribution in [0.3, 0.4) is 0 Å². The average Bonchev–Trinajstić information content (AvgIpc) is 2.58. The van der Waals surface area contributed by atoms with E-state index in [1.807, 2.05) is 65.0 Å². The Labute approximate surface area is 176 Å². The van der Waals surface area contributed by atoms with Gasteiger partial charge in [0.2, 0.25) is 0 Å². The molecule has 0 aliphatic rings. The van der Waals surface area contributed by atoms with Crippen molar-refractivity contribution in [3.05, 3.63) is 35.9 Å². The van der Waals surface area contributed by atoms with Gasteiger partial charge in [-0.25, -0.2) is 4.79 Å². The van der Waals surface area contributed by atoms with Crippen molar-refractivity contribution < 1.29 is 19.7 Å². The molecule has 6 nitrogen and oxygen atoms in total. The predicted octanol–water partition coefficient (Wildman–Crippen LogP) is 3.78. The first-order valence-corrected chi connectivity index (χ1v) is 10.4. The number of amides is 1. The van der Waals surface area contributed by atoms with Crippen LogP contribution in [0, 0.1) is 5.92 Å². The van der Waals surface area contributed by atoms with Crippen LogP contribution in [0.4, 0.5) is 4.79 Å². The van der Waals surface area contributed by atoms with Crippen LogP contribution >= 0.6 is 0 Å². The van der Waals surface area contributed by atoms with Crippen molar-refractivity contribution in [2.24, 2.45) is 5.92 Å². The van der Waals surface area contributed by atoms with Crippen molar-refractivity contribution in [2.75, 3.05) is 19.8 Å². The molecule has 166 valence electrons. The third-order valence-electron chi connectivity index (χ3n) is 4.70. The maximum absolute atomic E-state index is 12.1. The second-order valence-corrected chi connectivity index (χ2v) is 9.82. The zero-order valence-corrected chi connectivity index (χ0v) is 19.1. The van der Waals surface area contributed by atoms with E-state index >= 15 is 0 Å². The number of nitrogens with zero attached hydrogens (tertiary/aromatic N) is 1. The lowest BCUT2D eigenvalue weighted by molar-refractivity contribution is 0.00113. The molecule has 0 saturated carbocycles. The Bertz CT molecular complexity index is 611. The smallest absolute Gasteiger partial charge is 0.408 e. The summed E-state index contributed by atoms with van der Waals surface area (Å²) in [6.45, 7) is 15.3. The summed E-state index contributed by atoms with van der Waals surface area (Å²) in [5.74, 6) is 0.461. The Morgan fingerprint density at radius 1 is 1.14 bits per heavy atom. The van der Waals surface area contributed by atoms with Crippen LogP contribution in [0.1, 0.15) is 54.0 Å². The number of benzene rings is 1. The van der Waals surface area contributed by atoms with E-state index in [9.17, 15) is 15.0 Å². The van der Waals surface area contributed by atoms with Crippen LogP contribution in [0.15, 0.2) is 30.3 Å². The fourth-order valence-electron chi connectivity index (χ4n) is 3.30. The molecule has 1 aromatic rings. The second-order valence-electron chi connectivity index (χ2n) is 9.82. The topological polar surface area (TPSA) is 82.0 Å². The molecule has 2 atom stereocenters. The molecular weight excluding hydrogens is 368 g/mol. The van der Waals surface area contributed by atoms with E-state index in [1.165, 1.54) is 4.90 Å². The van der Waals surface area contributed by atoms with E-state index in [4.69, 9.17) is 4.74 Å². The van der Waals surface area contributed by atoms with E-state index < -0.39 is 23.8 Å². The Hall–Kier alpha value is -1.63. The van der Waals surface area contributed by atoms with E-state index in [0.717, 1.165) is 5.56 Å². The highest BCUT2D eigenvalue weighted by atomic mass is 16.5. The van der Waals surface area contributed by atoms with E-state index in [-0.39, 0.29) is 12.1 Å². The number of carbonyl (C=O) groups is 1. The number of aliphatic hydroxyl groups is 1. The Balaban J connectivity index is 2.92. The summed E-state index contributed by atoms with van der Waals surface area (Å²) in [6.07, 6.45) is -1.45. The monoisotopic (exact) mass is 408 g/mol. The van der Waals surface area contributed by atoms with Gasteiger partial charge in [0.1, 0.15) is 0 Å². The summed E-state index contributed by atoms with van der Waals surface area (Å²) in [4.78, 5) is 13.4. The zero-order chi connectivity index (χ0) is 22.2. The molecule has 0 aromatic heterocycles. The third-order valence-corrected chi connectivity index (χ3v) is 4.70. The minimum Gasteiger partial charge on any atom is -0.465 e. The summed E-state index contributed by atoms with van der Waals surface area (Å²) in [5, 5.41) is 24.2. The number of hydrogen-bond donors (Lipinski definition) is 3. The highest BCUT2D eigenvalue weighted by Gasteiger charge is 2.37. The fourth-order valence-corrected chi connectivity index (χ4v) is 3.30. The lowest BCUT2D eigenvalue weighted by Crippen LogP contribution is -2.59. The van der Waals surface area contributed by atoms with E-state index in [2.05, 4.69) is 19.2 Å². The quantitative estimate of drug-likeness (QED) is 0.519. The van der Waals surface area contributed by atoms with Gasteiger partial charge in [0.05, 0.1) is 18.8 Å². The zero-order valence-electron chi connectivity index (χ0n) is 19.1. The summed E-state index contributed by atoms with van der Waals surface area (Å²) in [5.41, 5.74) is 0.0250. The standard InChI is InChI=1S/C23H40N2O4/c1-17(2)15-29-16-23(6,7)24-14-20(26)19(13-18-11-9-8-10-12-18)25(21(27)28)22(3,4)5/h8-12,17,19-20,24,26H,13-16H2,1-7H3,(H,27,28)/t19-,20+/m0/s1. The normalized spacial score (nSPS) is 14.7. The third kappa shape index (κ3) is 9.15. The first kappa shape index (κ1) is 25.4. The van der Waals surface area contributed by atoms with Crippen molar-refractivity contribution >= 4 is 6.09 Å². The maximum Gasteiger partial charge on any atom is 0.408 e. The lowest BCUT2D eigenvalue weighted by Gasteiger charge is -2.42. The molecule has 1 rings (SSSR count). The number of aliphatic hydroxyl groups excluding tert-OH is 1. The average molecular weight is 409 g/mol. The summed E-state index contributed by atoms with van der Waals surface area (Å²) >= 11 is 0. The second kappa shape index (κ2) is 11.0. The molecule has 0 fully saturated rings. The van der Waals surface area contributed by atoms with Crippen LogP contribution in [-0.4, -0.2) is 64.2 Å². The number of β-amino-alcohol motifs (C(OH)–C–C–N with tert-alkyl or cyclic N) is 1. The Morgan fingerprint density at radius 3 is 2.21 bits per heavy atom. The van der Waals surface area contributed by atoms with Gasteiger partial charge in [0.25, 0.3) is 0 Å². The van der Waals surface area contributed by atoms with E-state index in [0.29, 0.717) is 25.6 Å². The van der Waals surface area contributed by atoms with Crippen molar-refractivity contribution in [1.82, 2.24) is 10.2 Å². The fraction of sp³-hybridized carbons (Fsp3) is 0.696. The summed E-state index contributed by atoms with van der Waals surface area (Å²) in [6, 6.07) is 9.12. The van der Waals surface area contributed by atoms with Crippen LogP contribution in [0.2, 0.25) is 0 Å². The van der Waals surface area contributed by atoms with Crippen molar-refractivity contribution in [3.63, 3.8) is 0 Å². The van der Waals surface area contributed by atoms with Gasteiger partial charge in [0.15, 0.2) is 0 Å². The number of nitrogens with one attached hydrogen (secondary N) is 1. The number of ether oxygens (including phenoxy) is 1. The SMILES string of the molecule is CC(C)COCC(C)(C)NC[C@@H](O)[C@H](Cc1ccccc1)N(C(=O)O)C(C)(C)C. The van der Waals surface area contributed by atoms with Gasteiger partial charge in [-0.15, -0.1) is 0 Å². The Morgan fingerprint density at radius 2 is 1.72 bits per heavy atom. The van der Waals surface area contributed by atoms with Crippen LogP contribution < -0.4 is 5.32 Å². The minimum atomic E-state index is -1.03. The van der Waals surface area contributed by atoms with E-state index in [1.54, 1.807) is 0 Å². The first-order chi connectivity index (χ1) is 13.3. The molecule has 1 amide bonds. The van der Waals surface area contributed by atoms with Crippen molar-refractivity contribution in [3.8, 4) is 0 Å². The van der Waals surface area contributed by atoms with Crippen LogP contribution in [-0.2, 0) is 11.2 Å². The van der Waals surface area contributed by atoms with Gasteiger partial charge in [0, 0.05) is 24.2 Å². The molecule has 0 unspecified atom stereocenters. The van der Waals surface area contributed by atoms with Crippen molar-refractivity contribution in [2.45, 2.75) is 78.1 Å². The van der Waals surface area contributed by atoms with Gasteiger partial charge in [-0.2, -0.15) is 0 Å². The largest absolute Gasteiger partial charge is 0.465 e.